The molecule has 0 saturated heterocycles. The second kappa shape index (κ2) is 9.04. The lowest BCUT2D eigenvalue weighted by Gasteiger charge is -2.18. The number of carbonyl (C=O) groups is 1. The van der Waals surface area contributed by atoms with Crippen LogP contribution in [0.1, 0.15) is 28.8 Å². The molecule has 4 rings (SSSR count). The Morgan fingerprint density at radius 3 is 2.69 bits per heavy atom. The van der Waals surface area contributed by atoms with Gasteiger partial charge in [-0.15, -0.1) is 0 Å². The number of aryl methyl sites for hydroxylation is 3. The predicted molar refractivity (Wildman–Crippen MR) is 124 cm³/mol. The average Bonchev–Trinajstić information content (AvgIpc) is 2.77. The molecule has 0 spiro atoms. The summed E-state index contributed by atoms with van der Waals surface area (Å²) in [6.07, 6.45) is 7.51. The largest absolute Gasteiger partial charge is 0.324 e. The van der Waals surface area contributed by atoms with E-state index in [9.17, 15) is 13.2 Å². The highest BCUT2D eigenvalue weighted by molar-refractivity contribution is 7.92. The van der Waals surface area contributed by atoms with Crippen LogP contribution in [0.2, 0.25) is 0 Å². The van der Waals surface area contributed by atoms with Crippen LogP contribution in [-0.4, -0.2) is 42.5 Å². The number of anilines is 3. The zero-order chi connectivity index (χ0) is 22.7. The number of carbonyl (C=O) groups excluding carboxylic acids is 1. The van der Waals surface area contributed by atoms with Crippen molar-refractivity contribution in [1.82, 2.24) is 15.0 Å². The maximum absolute atomic E-state index is 11.9. The lowest BCUT2D eigenvalue weighted by Crippen LogP contribution is -2.27. The molecule has 2 aromatic heterocycles. The number of aromatic nitrogens is 3. The molecule has 1 aliphatic rings. The minimum absolute atomic E-state index is 0.286. The predicted octanol–water partition coefficient (Wildman–Crippen LogP) is 2.85. The van der Waals surface area contributed by atoms with Gasteiger partial charge in [-0.2, -0.15) is 0 Å². The maximum Gasteiger partial charge on any atom is 0.233 e. The van der Waals surface area contributed by atoms with Crippen molar-refractivity contribution in [2.45, 2.75) is 32.1 Å². The number of hydrogen-bond donors (Lipinski definition) is 1. The van der Waals surface area contributed by atoms with Crippen molar-refractivity contribution >= 4 is 33.3 Å². The number of nitrogens with one attached hydrogen (secondary N) is 1. The lowest BCUT2D eigenvalue weighted by atomic mass is 9.90. The fourth-order valence-electron chi connectivity index (χ4n) is 3.74. The minimum atomic E-state index is -3.40. The summed E-state index contributed by atoms with van der Waals surface area (Å²) < 4.78 is 25.0. The van der Waals surface area contributed by atoms with Crippen molar-refractivity contribution < 1.29 is 13.2 Å². The van der Waals surface area contributed by atoms with Gasteiger partial charge < -0.3 is 5.32 Å². The molecule has 0 aliphatic heterocycles. The molecule has 0 bridgehead atoms. The van der Waals surface area contributed by atoms with E-state index in [1.165, 1.54) is 16.9 Å². The number of pyridine rings is 1. The first-order valence-electron chi connectivity index (χ1n) is 10.4. The zero-order valence-corrected chi connectivity index (χ0v) is 18.9. The van der Waals surface area contributed by atoms with Gasteiger partial charge in [0, 0.05) is 43.7 Å². The fourth-order valence-corrected chi connectivity index (χ4v) is 4.22. The first-order chi connectivity index (χ1) is 15.3. The van der Waals surface area contributed by atoms with E-state index in [4.69, 9.17) is 0 Å². The smallest absolute Gasteiger partial charge is 0.233 e. The van der Waals surface area contributed by atoms with E-state index in [-0.39, 0.29) is 5.78 Å². The third-order valence-corrected chi connectivity index (χ3v) is 6.72. The number of sulfonamides is 1. The Kier molecular flexibility index (Phi) is 6.18. The van der Waals surface area contributed by atoms with E-state index in [1.807, 2.05) is 24.3 Å². The van der Waals surface area contributed by atoms with E-state index in [0.717, 1.165) is 35.2 Å². The highest BCUT2D eigenvalue weighted by Crippen LogP contribution is 2.24. The topological polar surface area (TPSA) is 105 Å². The lowest BCUT2D eigenvalue weighted by molar-refractivity contribution is -0.118. The molecular formula is C23H25N5O3S. The molecule has 1 aromatic carbocycles. The molecule has 166 valence electrons. The summed E-state index contributed by atoms with van der Waals surface area (Å²) in [5.41, 5.74) is 4.83. The first kappa shape index (κ1) is 21.9. The van der Waals surface area contributed by atoms with Gasteiger partial charge in [0.25, 0.3) is 0 Å². The van der Waals surface area contributed by atoms with Crippen LogP contribution in [0.4, 0.5) is 17.5 Å². The first-order valence-corrected chi connectivity index (χ1v) is 12.2. The van der Waals surface area contributed by atoms with Crippen LogP contribution in [0.15, 0.2) is 48.8 Å². The van der Waals surface area contributed by atoms with Gasteiger partial charge in [0.2, 0.25) is 16.0 Å². The van der Waals surface area contributed by atoms with Crippen molar-refractivity contribution in [2.24, 2.45) is 0 Å². The summed E-state index contributed by atoms with van der Waals surface area (Å²) in [6.45, 7) is 0. The molecule has 1 aliphatic carbocycles. The van der Waals surface area contributed by atoms with Crippen molar-refractivity contribution in [3.8, 4) is 0 Å². The van der Waals surface area contributed by atoms with E-state index < -0.39 is 10.0 Å². The summed E-state index contributed by atoms with van der Waals surface area (Å²) in [4.78, 5) is 24.8. The van der Waals surface area contributed by atoms with Crippen LogP contribution in [0.25, 0.3) is 0 Å². The highest BCUT2D eigenvalue weighted by Gasteiger charge is 2.18. The quantitative estimate of drug-likeness (QED) is 0.589. The summed E-state index contributed by atoms with van der Waals surface area (Å²) in [6, 6.07) is 11.5. The molecule has 0 fully saturated rings. The van der Waals surface area contributed by atoms with Crippen LogP contribution in [0.3, 0.4) is 0 Å². The average molecular weight is 452 g/mol. The van der Waals surface area contributed by atoms with Gasteiger partial charge in [-0.3, -0.25) is 9.10 Å². The van der Waals surface area contributed by atoms with Gasteiger partial charge in [-0.25, -0.2) is 23.4 Å². The molecule has 0 amide bonds. The maximum atomic E-state index is 11.9. The monoisotopic (exact) mass is 451 g/mol. The van der Waals surface area contributed by atoms with Crippen LogP contribution in [0, 0.1) is 0 Å². The number of Topliss-reactive ketones (excluding diaryl/α,β-unsaturated/α-hetero) is 1. The van der Waals surface area contributed by atoms with Gasteiger partial charge in [-0.1, -0.05) is 12.1 Å². The van der Waals surface area contributed by atoms with Crippen LogP contribution in [-0.2, 0) is 40.5 Å². The number of hydrogen-bond acceptors (Lipinski definition) is 7. The summed E-state index contributed by atoms with van der Waals surface area (Å²) in [7, 11) is -1.89. The van der Waals surface area contributed by atoms with Gasteiger partial charge in [0.15, 0.2) is 0 Å². The van der Waals surface area contributed by atoms with Crippen LogP contribution >= 0.6 is 0 Å². The Morgan fingerprint density at radius 2 is 1.88 bits per heavy atom. The van der Waals surface area contributed by atoms with Gasteiger partial charge in [-0.05, 0) is 60.2 Å². The Morgan fingerprint density at radius 1 is 1.03 bits per heavy atom. The molecule has 0 unspecified atom stereocenters. The molecule has 0 radical (unpaired) electrons. The SMILES string of the molecule is CN(c1ncccc1CCc1ccnc(Nc2ccc3c(c2)CCC(=O)C3)n1)S(C)(=O)=O. The van der Waals surface area contributed by atoms with Crippen molar-refractivity contribution in [3.05, 3.63) is 71.2 Å². The molecular weight excluding hydrogens is 426 g/mol. The van der Waals surface area contributed by atoms with Crippen molar-refractivity contribution in [3.63, 3.8) is 0 Å². The van der Waals surface area contributed by atoms with Gasteiger partial charge in [0.1, 0.15) is 11.6 Å². The molecule has 1 N–H and O–H groups in total. The summed E-state index contributed by atoms with van der Waals surface area (Å²) in [5.74, 6) is 1.21. The number of rotatable bonds is 7. The third-order valence-electron chi connectivity index (χ3n) is 5.55. The Labute approximate surface area is 187 Å². The molecule has 2 heterocycles. The van der Waals surface area contributed by atoms with E-state index in [0.29, 0.717) is 37.4 Å². The molecule has 0 saturated carbocycles. The van der Waals surface area contributed by atoms with E-state index in [1.54, 1.807) is 18.5 Å². The van der Waals surface area contributed by atoms with Crippen LogP contribution < -0.4 is 9.62 Å². The molecule has 0 atom stereocenters. The second-order valence-electron chi connectivity index (χ2n) is 7.91. The Balaban J connectivity index is 1.46. The number of nitrogens with zero attached hydrogens (tertiary/aromatic N) is 4. The molecule has 3 aromatic rings. The normalized spacial score (nSPS) is 13.5. The Hall–Kier alpha value is -3.33. The number of fused-ring (bicyclic) bond motifs is 1. The van der Waals surface area contributed by atoms with Crippen LogP contribution in [0.5, 0.6) is 0 Å². The molecule has 9 heteroatoms. The van der Waals surface area contributed by atoms with Crippen molar-refractivity contribution in [1.29, 1.82) is 0 Å². The standard InChI is InChI=1S/C23H25N5O3S/c1-28(32(2,30)31)22-16(4-3-12-24-22)5-8-19-11-13-25-23(26-19)27-20-9-6-18-15-21(29)10-7-17(18)14-20/h3-4,6,9,11-14H,5,7-8,10,15H2,1-2H3,(H,25,26,27). The fraction of sp³-hybridized carbons (Fsp3) is 0.304. The summed E-state index contributed by atoms with van der Waals surface area (Å²) in [5, 5.41) is 3.25. The molecule has 32 heavy (non-hydrogen) atoms. The second-order valence-corrected chi connectivity index (χ2v) is 9.93. The minimum Gasteiger partial charge on any atom is -0.324 e. The highest BCUT2D eigenvalue weighted by atomic mass is 32.2. The van der Waals surface area contributed by atoms with Crippen molar-refractivity contribution in [2.75, 3.05) is 22.9 Å². The van der Waals surface area contributed by atoms with Gasteiger partial charge >= 0.3 is 0 Å². The van der Waals surface area contributed by atoms with E-state index >= 15 is 0 Å². The van der Waals surface area contributed by atoms with Gasteiger partial charge in [0.05, 0.1) is 6.26 Å². The number of benzene rings is 1. The zero-order valence-electron chi connectivity index (χ0n) is 18.1. The third kappa shape index (κ3) is 5.11. The summed E-state index contributed by atoms with van der Waals surface area (Å²) >= 11 is 0. The number of ketones is 1. The Bertz CT molecular complexity index is 1260. The molecule has 8 nitrogen and oxygen atoms in total. The van der Waals surface area contributed by atoms with E-state index in [2.05, 4.69) is 26.3 Å².